The molecule has 1 N–H and O–H groups in total. The highest BCUT2D eigenvalue weighted by atomic mass is 16.6. The second kappa shape index (κ2) is 9.32. The quantitative estimate of drug-likeness (QED) is 0.475. The van der Waals surface area contributed by atoms with E-state index in [1.807, 2.05) is 54.6 Å². The minimum atomic E-state index is -0.476. The van der Waals surface area contributed by atoms with Crippen LogP contribution >= 0.6 is 0 Å². The molecule has 0 saturated carbocycles. The first kappa shape index (κ1) is 19.1. The number of amides is 1. The molecule has 0 heterocycles. The third-order valence-corrected chi connectivity index (χ3v) is 4.18. The van der Waals surface area contributed by atoms with Crippen LogP contribution in [0.25, 0.3) is 0 Å². The smallest absolute Gasteiger partial charge is 0.273 e. The van der Waals surface area contributed by atoms with Crippen molar-refractivity contribution >= 4 is 11.6 Å². The Morgan fingerprint density at radius 2 is 1.64 bits per heavy atom. The van der Waals surface area contributed by atoms with Crippen LogP contribution in [0.5, 0.6) is 5.75 Å². The number of hydrogen-bond acceptors (Lipinski definition) is 4. The number of hydrogen-bond donors (Lipinski definition) is 1. The lowest BCUT2D eigenvalue weighted by Gasteiger charge is -2.09. The lowest BCUT2D eigenvalue weighted by atomic mass is 10.1. The van der Waals surface area contributed by atoms with Crippen molar-refractivity contribution in [2.24, 2.45) is 0 Å². The average Bonchev–Trinajstić information content (AvgIpc) is 2.72. The molecule has 6 heteroatoms. The molecule has 3 rings (SSSR count). The van der Waals surface area contributed by atoms with Gasteiger partial charge in [0.05, 0.1) is 11.3 Å². The Morgan fingerprint density at radius 3 is 2.43 bits per heavy atom. The summed E-state index contributed by atoms with van der Waals surface area (Å²) in [6.45, 7) is 0.788. The van der Waals surface area contributed by atoms with E-state index >= 15 is 0 Å². The fourth-order valence-corrected chi connectivity index (χ4v) is 2.76. The van der Waals surface area contributed by atoms with Crippen LogP contribution < -0.4 is 10.1 Å². The minimum absolute atomic E-state index is 0.0403. The normalized spacial score (nSPS) is 10.3. The Kier molecular flexibility index (Phi) is 6.36. The maximum atomic E-state index is 12.2. The molecular formula is C22H20N2O4. The predicted octanol–water partition coefficient (Wildman–Crippen LogP) is 4.03. The molecule has 0 aromatic heterocycles. The van der Waals surface area contributed by atoms with Gasteiger partial charge in [-0.05, 0) is 23.3 Å². The average molecular weight is 376 g/mol. The second-order valence-electron chi connectivity index (χ2n) is 6.26. The monoisotopic (exact) mass is 376 g/mol. The van der Waals surface area contributed by atoms with Crippen LogP contribution in [0.4, 0.5) is 5.69 Å². The van der Waals surface area contributed by atoms with Crippen LogP contribution in [0, 0.1) is 10.1 Å². The lowest BCUT2D eigenvalue weighted by molar-refractivity contribution is -0.385. The number of carbonyl (C=O) groups is 1. The van der Waals surface area contributed by atoms with Gasteiger partial charge in [0.1, 0.15) is 12.4 Å². The van der Waals surface area contributed by atoms with Crippen LogP contribution in [-0.4, -0.2) is 10.8 Å². The molecule has 0 bridgehead atoms. The third-order valence-electron chi connectivity index (χ3n) is 4.18. The summed E-state index contributed by atoms with van der Waals surface area (Å²) in [7, 11) is 0. The molecule has 0 atom stereocenters. The van der Waals surface area contributed by atoms with Gasteiger partial charge in [0.25, 0.3) is 5.69 Å². The molecule has 6 nitrogen and oxygen atoms in total. The Morgan fingerprint density at radius 1 is 0.929 bits per heavy atom. The van der Waals surface area contributed by atoms with E-state index in [-0.39, 0.29) is 18.0 Å². The van der Waals surface area contributed by atoms with E-state index in [0.717, 1.165) is 11.1 Å². The fraction of sp³-hybridized carbons (Fsp3) is 0.136. The summed E-state index contributed by atoms with van der Waals surface area (Å²) in [5.74, 6) is 0.444. The molecule has 0 unspecified atom stereocenters. The van der Waals surface area contributed by atoms with E-state index in [1.165, 1.54) is 6.07 Å². The lowest BCUT2D eigenvalue weighted by Crippen LogP contribution is -2.24. The summed E-state index contributed by atoms with van der Waals surface area (Å²) in [6.07, 6.45) is -0.0403. The van der Waals surface area contributed by atoms with Gasteiger partial charge in [-0.3, -0.25) is 14.9 Å². The number of nitrogens with one attached hydrogen (secondary N) is 1. The molecular weight excluding hydrogens is 356 g/mol. The summed E-state index contributed by atoms with van der Waals surface area (Å²) in [5, 5.41) is 13.8. The van der Waals surface area contributed by atoms with Gasteiger partial charge in [0, 0.05) is 18.2 Å². The minimum Gasteiger partial charge on any atom is -0.489 e. The Labute approximate surface area is 162 Å². The summed E-state index contributed by atoms with van der Waals surface area (Å²) in [5.41, 5.74) is 2.31. The first-order valence-corrected chi connectivity index (χ1v) is 8.86. The predicted molar refractivity (Wildman–Crippen MR) is 106 cm³/mol. The van der Waals surface area contributed by atoms with E-state index in [9.17, 15) is 14.9 Å². The highest BCUT2D eigenvalue weighted by molar-refractivity contribution is 5.79. The SMILES string of the molecule is O=C(Cc1ccccc1[N+](=O)[O-])NCc1cccc(OCc2ccccc2)c1. The highest BCUT2D eigenvalue weighted by Crippen LogP contribution is 2.18. The van der Waals surface area contributed by atoms with Crippen molar-refractivity contribution in [3.8, 4) is 5.75 Å². The summed E-state index contributed by atoms with van der Waals surface area (Å²) in [4.78, 5) is 22.8. The summed E-state index contributed by atoms with van der Waals surface area (Å²) >= 11 is 0. The zero-order chi connectivity index (χ0) is 19.8. The molecule has 0 fully saturated rings. The van der Waals surface area contributed by atoms with Crippen LogP contribution in [-0.2, 0) is 24.4 Å². The Bertz CT molecular complexity index is 958. The number of rotatable bonds is 8. The second-order valence-corrected chi connectivity index (χ2v) is 6.26. The van der Waals surface area contributed by atoms with Crippen molar-refractivity contribution in [3.63, 3.8) is 0 Å². The Hall–Kier alpha value is -3.67. The first-order chi connectivity index (χ1) is 13.6. The molecule has 0 aliphatic rings. The van der Waals surface area contributed by atoms with Crippen molar-refractivity contribution in [2.75, 3.05) is 0 Å². The fourth-order valence-electron chi connectivity index (χ4n) is 2.76. The van der Waals surface area contributed by atoms with Gasteiger partial charge >= 0.3 is 0 Å². The van der Waals surface area contributed by atoms with Crippen molar-refractivity contribution in [2.45, 2.75) is 19.6 Å². The summed E-state index contributed by atoms with van der Waals surface area (Å²) < 4.78 is 5.79. The first-order valence-electron chi connectivity index (χ1n) is 8.86. The molecule has 142 valence electrons. The maximum Gasteiger partial charge on any atom is 0.273 e. The number of ether oxygens (including phenoxy) is 1. The summed E-state index contributed by atoms with van der Waals surface area (Å²) in [6, 6.07) is 23.6. The number of nitrogens with zero attached hydrogens (tertiary/aromatic N) is 1. The van der Waals surface area contributed by atoms with Gasteiger partial charge in [-0.2, -0.15) is 0 Å². The highest BCUT2D eigenvalue weighted by Gasteiger charge is 2.15. The van der Waals surface area contributed by atoms with Gasteiger partial charge in [0.2, 0.25) is 5.91 Å². The number of benzene rings is 3. The molecule has 3 aromatic carbocycles. The zero-order valence-corrected chi connectivity index (χ0v) is 15.2. The van der Waals surface area contributed by atoms with E-state index in [0.29, 0.717) is 24.5 Å². The van der Waals surface area contributed by atoms with Gasteiger partial charge in [-0.15, -0.1) is 0 Å². The van der Waals surface area contributed by atoms with Gasteiger partial charge in [-0.25, -0.2) is 0 Å². The van der Waals surface area contributed by atoms with Crippen molar-refractivity contribution in [3.05, 3.63) is 106 Å². The molecule has 0 saturated heterocycles. The van der Waals surface area contributed by atoms with Crippen molar-refractivity contribution in [1.82, 2.24) is 5.32 Å². The largest absolute Gasteiger partial charge is 0.489 e. The number of carbonyl (C=O) groups excluding carboxylic acids is 1. The van der Waals surface area contributed by atoms with E-state index in [1.54, 1.807) is 18.2 Å². The van der Waals surface area contributed by atoms with Crippen LogP contribution in [0.2, 0.25) is 0 Å². The zero-order valence-electron chi connectivity index (χ0n) is 15.2. The number of para-hydroxylation sites is 1. The van der Waals surface area contributed by atoms with Crippen molar-refractivity contribution < 1.29 is 14.5 Å². The van der Waals surface area contributed by atoms with Crippen LogP contribution in [0.3, 0.4) is 0 Å². The molecule has 0 radical (unpaired) electrons. The topological polar surface area (TPSA) is 81.5 Å². The van der Waals surface area contributed by atoms with Gasteiger partial charge in [-0.1, -0.05) is 60.7 Å². The number of nitro benzene ring substituents is 1. The standard InChI is InChI=1S/C22H20N2O4/c25-22(14-19-10-4-5-12-21(19)24(26)27)23-15-18-9-6-11-20(13-18)28-16-17-7-2-1-3-8-17/h1-13H,14-16H2,(H,23,25). The van der Waals surface area contributed by atoms with Crippen molar-refractivity contribution in [1.29, 1.82) is 0 Å². The maximum absolute atomic E-state index is 12.2. The third kappa shape index (κ3) is 5.41. The van der Waals surface area contributed by atoms with Gasteiger partial charge < -0.3 is 10.1 Å². The van der Waals surface area contributed by atoms with Crippen LogP contribution in [0.1, 0.15) is 16.7 Å². The van der Waals surface area contributed by atoms with Crippen LogP contribution in [0.15, 0.2) is 78.9 Å². The molecule has 0 aliphatic carbocycles. The molecule has 3 aromatic rings. The number of nitro groups is 1. The molecule has 0 aliphatic heterocycles. The molecule has 28 heavy (non-hydrogen) atoms. The molecule has 1 amide bonds. The van der Waals surface area contributed by atoms with E-state index in [2.05, 4.69) is 5.32 Å². The van der Waals surface area contributed by atoms with Gasteiger partial charge in [0.15, 0.2) is 0 Å². The van der Waals surface area contributed by atoms with E-state index < -0.39 is 4.92 Å². The molecule has 0 spiro atoms. The Balaban J connectivity index is 1.54. The van der Waals surface area contributed by atoms with E-state index in [4.69, 9.17) is 4.74 Å².